The maximum absolute atomic E-state index is 13.7. The molecule has 0 aliphatic heterocycles. The van der Waals surface area contributed by atoms with Crippen molar-refractivity contribution in [2.24, 2.45) is 0 Å². The summed E-state index contributed by atoms with van der Waals surface area (Å²) in [6, 6.07) is 11.5. The Hall–Kier alpha value is -2.47. The van der Waals surface area contributed by atoms with Crippen LogP contribution in [0.15, 0.2) is 53.0 Å². The largest absolute Gasteiger partial charge is 0.346 e. The summed E-state index contributed by atoms with van der Waals surface area (Å²) >= 11 is 3.27. The molecule has 2 aromatic carbocycles. The summed E-state index contributed by atoms with van der Waals surface area (Å²) < 4.78 is 14.4. The molecular weight excluding hydrogens is 387 g/mol. The molecule has 0 saturated carbocycles. The van der Waals surface area contributed by atoms with Gasteiger partial charge in [-0.3, -0.25) is 9.59 Å². The van der Waals surface area contributed by atoms with E-state index >= 15 is 0 Å². The summed E-state index contributed by atoms with van der Waals surface area (Å²) in [6.45, 7) is 3.27. The maximum Gasteiger partial charge on any atom is 0.244 e. The van der Waals surface area contributed by atoms with E-state index in [1.165, 1.54) is 25.1 Å². The first kappa shape index (κ1) is 18.9. The van der Waals surface area contributed by atoms with Crippen molar-refractivity contribution >= 4 is 39.5 Å². The van der Waals surface area contributed by atoms with Crippen LogP contribution in [-0.2, 0) is 9.59 Å². The minimum Gasteiger partial charge on any atom is -0.346 e. The zero-order valence-corrected chi connectivity index (χ0v) is 15.4. The molecule has 2 rings (SSSR count). The fraction of sp³-hybridized carbons (Fsp3) is 0.158. The van der Waals surface area contributed by atoms with Gasteiger partial charge in [0, 0.05) is 28.7 Å². The van der Waals surface area contributed by atoms with Crippen LogP contribution in [0.3, 0.4) is 0 Å². The number of rotatable bonds is 5. The Labute approximate surface area is 154 Å². The molecule has 4 nitrogen and oxygen atoms in total. The first-order valence-corrected chi connectivity index (χ1v) is 8.45. The van der Waals surface area contributed by atoms with Crippen LogP contribution in [-0.4, -0.2) is 11.8 Å². The van der Waals surface area contributed by atoms with E-state index in [-0.39, 0.29) is 17.9 Å². The van der Waals surface area contributed by atoms with Crippen molar-refractivity contribution in [3.05, 3.63) is 70.0 Å². The third-order valence-electron chi connectivity index (χ3n) is 3.44. The van der Waals surface area contributed by atoms with Crippen molar-refractivity contribution in [2.45, 2.75) is 19.9 Å². The highest BCUT2D eigenvalue weighted by molar-refractivity contribution is 9.10. The Kier molecular flexibility index (Phi) is 6.47. The van der Waals surface area contributed by atoms with Gasteiger partial charge in [-0.25, -0.2) is 4.39 Å². The van der Waals surface area contributed by atoms with E-state index < -0.39 is 5.82 Å². The molecule has 0 spiro atoms. The molecule has 25 heavy (non-hydrogen) atoms. The van der Waals surface area contributed by atoms with Gasteiger partial charge in [0.25, 0.3) is 0 Å². The number of hydrogen-bond acceptors (Lipinski definition) is 2. The normalized spacial score (nSPS) is 12.0. The third-order valence-corrected chi connectivity index (χ3v) is 3.93. The molecule has 1 unspecified atom stereocenters. The van der Waals surface area contributed by atoms with E-state index in [0.29, 0.717) is 11.3 Å². The van der Waals surface area contributed by atoms with Crippen molar-refractivity contribution in [3.8, 4) is 0 Å². The van der Waals surface area contributed by atoms with Crippen LogP contribution in [0.2, 0.25) is 0 Å². The van der Waals surface area contributed by atoms with Crippen molar-refractivity contribution in [3.63, 3.8) is 0 Å². The Morgan fingerprint density at radius 3 is 2.68 bits per heavy atom. The van der Waals surface area contributed by atoms with Crippen LogP contribution >= 0.6 is 15.9 Å². The number of nitrogens with one attached hydrogen (secondary N) is 2. The van der Waals surface area contributed by atoms with Gasteiger partial charge in [-0.2, -0.15) is 0 Å². The summed E-state index contributed by atoms with van der Waals surface area (Å²) in [5, 5.41) is 5.51. The molecular formula is C19H18BrFN2O2. The number of carbonyl (C=O) groups is 2. The minimum atomic E-state index is -0.400. The van der Waals surface area contributed by atoms with E-state index in [4.69, 9.17) is 0 Å². The Morgan fingerprint density at radius 1 is 1.20 bits per heavy atom. The molecule has 2 N–H and O–H groups in total. The summed E-state index contributed by atoms with van der Waals surface area (Å²) in [5.74, 6) is -0.895. The number of hydrogen-bond donors (Lipinski definition) is 2. The predicted octanol–water partition coefficient (Wildman–Crippen LogP) is 4.44. The van der Waals surface area contributed by atoms with Gasteiger partial charge >= 0.3 is 0 Å². The van der Waals surface area contributed by atoms with Crippen molar-refractivity contribution in [1.82, 2.24) is 5.32 Å². The van der Waals surface area contributed by atoms with Crippen molar-refractivity contribution in [2.75, 3.05) is 5.32 Å². The van der Waals surface area contributed by atoms with Gasteiger partial charge in [0.15, 0.2) is 0 Å². The Bertz CT molecular complexity index is 821. The number of anilines is 1. The van der Waals surface area contributed by atoms with Gasteiger partial charge in [0.1, 0.15) is 5.82 Å². The molecule has 2 aromatic rings. The van der Waals surface area contributed by atoms with Crippen LogP contribution in [0.1, 0.15) is 31.0 Å². The molecule has 0 fully saturated rings. The van der Waals surface area contributed by atoms with Gasteiger partial charge in [-0.1, -0.05) is 28.1 Å². The zero-order chi connectivity index (χ0) is 18.4. The monoisotopic (exact) mass is 404 g/mol. The van der Waals surface area contributed by atoms with E-state index in [1.807, 2.05) is 13.0 Å². The molecule has 0 aliphatic rings. The lowest BCUT2D eigenvalue weighted by Crippen LogP contribution is -2.24. The number of halogens is 2. The van der Waals surface area contributed by atoms with E-state index in [9.17, 15) is 14.0 Å². The van der Waals surface area contributed by atoms with Crippen LogP contribution in [0, 0.1) is 5.82 Å². The first-order valence-electron chi connectivity index (χ1n) is 7.66. The second kappa shape index (κ2) is 8.58. The standard InChI is InChI=1S/C19H18BrFN2O2/c1-12(14-4-3-5-17(11-14)23-13(2)24)22-19(25)9-6-15-10-16(20)7-8-18(15)21/h3-12H,1-2H3,(H,22,25)(H,23,24)/b9-6+. The van der Waals surface area contributed by atoms with E-state index in [0.717, 1.165) is 10.0 Å². The lowest BCUT2D eigenvalue weighted by atomic mass is 10.1. The summed E-state index contributed by atoms with van der Waals surface area (Å²) in [6.07, 6.45) is 2.72. The molecule has 0 bridgehead atoms. The average molecular weight is 405 g/mol. The molecule has 0 aromatic heterocycles. The van der Waals surface area contributed by atoms with Crippen LogP contribution in [0.5, 0.6) is 0 Å². The molecule has 130 valence electrons. The van der Waals surface area contributed by atoms with Gasteiger partial charge in [0.2, 0.25) is 11.8 Å². The summed E-state index contributed by atoms with van der Waals surface area (Å²) in [5.41, 5.74) is 1.84. The third kappa shape index (κ3) is 5.83. The highest BCUT2D eigenvalue weighted by Gasteiger charge is 2.09. The van der Waals surface area contributed by atoms with Crippen LogP contribution in [0.4, 0.5) is 10.1 Å². The Balaban J connectivity index is 2.03. The number of benzene rings is 2. The predicted molar refractivity (Wildman–Crippen MR) is 100 cm³/mol. The lowest BCUT2D eigenvalue weighted by Gasteiger charge is -2.14. The second-order valence-corrected chi connectivity index (χ2v) is 6.45. The second-order valence-electron chi connectivity index (χ2n) is 5.54. The smallest absolute Gasteiger partial charge is 0.244 e. The van der Waals surface area contributed by atoms with Crippen LogP contribution < -0.4 is 10.6 Å². The van der Waals surface area contributed by atoms with Gasteiger partial charge in [-0.05, 0) is 48.9 Å². The quantitative estimate of drug-likeness (QED) is 0.723. The molecule has 1 atom stereocenters. The Morgan fingerprint density at radius 2 is 1.96 bits per heavy atom. The topological polar surface area (TPSA) is 58.2 Å². The van der Waals surface area contributed by atoms with Gasteiger partial charge < -0.3 is 10.6 Å². The fourth-order valence-corrected chi connectivity index (χ4v) is 2.62. The number of carbonyl (C=O) groups excluding carboxylic acids is 2. The first-order chi connectivity index (χ1) is 11.8. The molecule has 0 aliphatic carbocycles. The van der Waals surface area contributed by atoms with Gasteiger partial charge in [0.05, 0.1) is 6.04 Å². The molecule has 6 heteroatoms. The lowest BCUT2D eigenvalue weighted by molar-refractivity contribution is -0.117. The zero-order valence-electron chi connectivity index (χ0n) is 13.8. The van der Waals surface area contributed by atoms with E-state index in [2.05, 4.69) is 26.6 Å². The maximum atomic E-state index is 13.7. The molecule has 2 amide bonds. The highest BCUT2D eigenvalue weighted by atomic mass is 79.9. The summed E-state index contributed by atoms with van der Waals surface area (Å²) in [4.78, 5) is 23.2. The van der Waals surface area contributed by atoms with Gasteiger partial charge in [-0.15, -0.1) is 0 Å². The SMILES string of the molecule is CC(=O)Nc1cccc(C(C)NC(=O)/C=C/c2cc(Br)ccc2F)c1. The van der Waals surface area contributed by atoms with Crippen molar-refractivity contribution in [1.29, 1.82) is 0 Å². The molecule has 0 heterocycles. The average Bonchev–Trinajstić information content (AvgIpc) is 2.55. The number of amides is 2. The van der Waals surface area contributed by atoms with E-state index in [1.54, 1.807) is 30.3 Å². The molecule has 0 saturated heterocycles. The fourth-order valence-electron chi connectivity index (χ4n) is 2.24. The minimum absolute atomic E-state index is 0.159. The van der Waals surface area contributed by atoms with Crippen molar-refractivity contribution < 1.29 is 14.0 Å². The summed E-state index contributed by atoms with van der Waals surface area (Å²) in [7, 11) is 0. The molecule has 0 radical (unpaired) electrons. The highest BCUT2D eigenvalue weighted by Crippen LogP contribution is 2.18. The van der Waals surface area contributed by atoms with Crippen LogP contribution in [0.25, 0.3) is 6.08 Å².